The Morgan fingerprint density at radius 1 is 0.977 bits per heavy atom. The number of terminal acetylenes is 1. The fraction of sp³-hybridized carbons (Fsp3) is 0.265. The van der Waals surface area contributed by atoms with E-state index < -0.39 is 36.4 Å². The van der Waals surface area contributed by atoms with Crippen LogP contribution in [0.15, 0.2) is 96.0 Å². The highest BCUT2D eigenvalue weighted by molar-refractivity contribution is 6.27. The van der Waals surface area contributed by atoms with Gasteiger partial charge in [-0.3, -0.25) is 29.2 Å². The molecule has 1 N–H and O–H groups in total. The number of hydrogen-bond acceptors (Lipinski definition) is 6. The van der Waals surface area contributed by atoms with Gasteiger partial charge in [-0.15, -0.1) is 6.42 Å². The zero-order valence-corrected chi connectivity index (χ0v) is 24.1. The van der Waals surface area contributed by atoms with E-state index in [1.54, 1.807) is 14.9 Å². The Hall–Kier alpha value is -5.27. The van der Waals surface area contributed by atoms with Crippen LogP contribution < -0.4 is 0 Å². The molecule has 2 aliphatic rings. The van der Waals surface area contributed by atoms with Crippen LogP contribution in [0.1, 0.15) is 29.0 Å². The topological polar surface area (TPSA) is 114 Å². The predicted octanol–water partition coefficient (Wildman–Crippen LogP) is 2.62. The first-order valence-electron chi connectivity index (χ1n) is 14.3. The van der Waals surface area contributed by atoms with Crippen LogP contribution in [0.5, 0.6) is 0 Å². The van der Waals surface area contributed by atoms with Crippen molar-refractivity contribution in [3.8, 4) is 12.3 Å². The molecule has 10 heteroatoms. The van der Waals surface area contributed by atoms with Crippen molar-refractivity contribution >= 4 is 29.9 Å². The molecule has 10 nitrogen and oxygen atoms in total. The summed E-state index contributed by atoms with van der Waals surface area (Å²) in [5, 5.41) is 12.9. The average Bonchev–Trinajstić information content (AvgIpc) is 3.04. The molecule has 224 valence electrons. The number of aliphatic imine (C=N–C) groups is 1. The van der Waals surface area contributed by atoms with Crippen molar-refractivity contribution in [2.45, 2.75) is 31.1 Å². The molecule has 2 heterocycles. The summed E-state index contributed by atoms with van der Waals surface area (Å²) in [6.45, 7) is 0.195. The van der Waals surface area contributed by atoms with E-state index in [2.05, 4.69) is 10.9 Å². The number of carbonyl (C=O) groups excluding carboxylic acids is 3. The van der Waals surface area contributed by atoms with Crippen molar-refractivity contribution < 1.29 is 24.3 Å². The van der Waals surface area contributed by atoms with Crippen LogP contribution in [0.3, 0.4) is 0 Å². The first kappa shape index (κ1) is 30.2. The third-order valence-corrected chi connectivity index (χ3v) is 7.89. The Balaban J connectivity index is 1.56. The van der Waals surface area contributed by atoms with Gasteiger partial charge in [0.2, 0.25) is 11.8 Å². The van der Waals surface area contributed by atoms with Crippen LogP contribution in [0.4, 0.5) is 0 Å². The number of aliphatic carboxylic acids is 1. The van der Waals surface area contributed by atoms with Crippen LogP contribution in [0.2, 0.25) is 0 Å². The predicted molar refractivity (Wildman–Crippen MR) is 164 cm³/mol. The van der Waals surface area contributed by atoms with Gasteiger partial charge in [0.05, 0.1) is 32.6 Å². The second-order valence-corrected chi connectivity index (χ2v) is 10.7. The molecular formula is C34H33N5O5. The molecule has 5 rings (SSSR count). The lowest BCUT2D eigenvalue weighted by molar-refractivity contribution is -0.187. The number of carbonyl (C=O) groups is 4. The third kappa shape index (κ3) is 6.53. The Morgan fingerprint density at radius 2 is 1.57 bits per heavy atom. The number of nitrogens with zero attached hydrogens (tertiary/aromatic N) is 5. The number of fused-ring (bicyclic) bond motifs is 1. The van der Waals surface area contributed by atoms with Gasteiger partial charge < -0.3 is 14.9 Å². The Bertz CT molecular complexity index is 1520. The molecule has 0 aromatic heterocycles. The summed E-state index contributed by atoms with van der Waals surface area (Å²) < 4.78 is 0. The molecule has 0 unspecified atom stereocenters. The maximum Gasteiger partial charge on any atom is 0.305 e. The molecule has 2 amide bonds. The van der Waals surface area contributed by atoms with Gasteiger partial charge in [-0.25, -0.2) is 0 Å². The maximum atomic E-state index is 14.0. The van der Waals surface area contributed by atoms with Crippen LogP contribution in [0.25, 0.3) is 0 Å². The quantitative estimate of drug-likeness (QED) is 0.167. The molecular weight excluding hydrogens is 558 g/mol. The normalized spacial score (nSPS) is 19.1. The zero-order chi connectivity index (χ0) is 31.1. The van der Waals surface area contributed by atoms with Gasteiger partial charge in [0.15, 0.2) is 12.1 Å². The number of piperazine rings is 1. The van der Waals surface area contributed by atoms with E-state index in [0.717, 1.165) is 16.7 Å². The molecule has 0 aliphatic carbocycles. The molecule has 0 bridgehead atoms. The van der Waals surface area contributed by atoms with E-state index in [1.807, 2.05) is 91.0 Å². The number of carboxylic acids is 1. The smallest absolute Gasteiger partial charge is 0.305 e. The van der Waals surface area contributed by atoms with Gasteiger partial charge in [0.25, 0.3) is 0 Å². The number of carboxylic acid groups (broad SMARTS) is 1. The summed E-state index contributed by atoms with van der Waals surface area (Å²) in [6, 6.07) is 27.6. The van der Waals surface area contributed by atoms with Gasteiger partial charge >= 0.3 is 5.97 Å². The number of hydrogen-bond donors (Lipinski definition) is 1. The van der Waals surface area contributed by atoms with Gasteiger partial charge in [-0.2, -0.15) is 5.01 Å². The van der Waals surface area contributed by atoms with Crippen LogP contribution >= 0.6 is 0 Å². The van der Waals surface area contributed by atoms with Crippen molar-refractivity contribution in [2.24, 2.45) is 4.99 Å². The third-order valence-electron chi connectivity index (χ3n) is 7.89. The van der Waals surface area contributed by atoms with Crippen molar-refractivity contribution in [3.05, 3.63) is 108 Å². The number of rotatable bonds is 10. The van der Waals surface area contributed by atoms with Crippen molar-refractivity contribution in [1.82, 2.24) is 19.8 Å². The standard InChI is InChI=1S/C34H33N5O5/c1-2-18-37-23-32(41)38-29(19-33(42)43)34(44)36(21-28(26-14-8-4-9-15-26)27-16-10-5-11-17-27)22-31(38)39(37)30(24-40)35-20-25-12-6-3-7-13-25/h1,3-17,24,28-29,31H,18-23H2,(H,42,43)/t29-,31-/m0/s1. The number of hydrazine groups is 1. The summed E-state index contributed by atoms with van der Waals surface area (Å²) in [5.74, 6) is 0.208. The number of aldehydes is 1. The first-order valence-corrected chi connectivity index (χ1v) is 14.3. The second-order valence-electron chi connectivity index (χ2n) is 10.7. The molecule has 2 atom stereocenters. The Kier molecular flexibility index (Phi) is 9.47. The molecule has 0 radical (unpaired) electrons. The monoisotopic (exact) mass is 591 g/mol. The molecule has 0 spiro atoms. The van der Waals surface area contributed by atoms with Gasteiger partial charge in [-0.05, 0) is 16.7 Å². The summed E-state index contributed by atoms with van der Waals surface area (Å²) >= 11 is 0. The molecule has 3 aromatic rings. The van der Waals surface area contributed by atoms with E-state index in [0.29, 0.717) is 6.29 Å². The lowest BCUT2D eigenvalue weighted by Gasteiger charge is -2.55. The summed E-state index contributed by atoms with van der Waals surface area (Å²) in [6.07, 6.45) is 4.78. The van der Waals surface area contributed by atoms with Crippen molar-refractivity contribution in [3.63, 3.8) is 0 Å². The molecule has 44 heavy (non-hydrogen) atoms. The average molecular weight is 592 g/mol. The fourth-order valence-corrected chi connectivity index (χ4v) is 5.91. The van der Waals surface area contributed by atoms with E-state index >= 15 is 0 Å². The van der Waals surface area contributed by atoms with E-state index in [1.165, 1.54) is 4.90 Å². The minimum atomic E-state index is -1.27. The fourth-order valence-electron chi connectivity index (χ4n) is 5.91. The second kappa shape index (κ2) is 13.8. The van der Waals surface area contributed by atoms with E-state index in [4.69, 9.17) is 6.42 Å². The molecule has 2 aliphatic heterocycles. The minimum absolute atomic E-state index is 0.00246. The van der Waals surface area contributed by atoms with Gasteiger partial charge in [0.1, 0.15) is 12.2 Å². The van der Waals surface area contributed by atoms with Gasteiger partial charge in [0, 0.05) is 12.5 Å². The summed E-state index contributed by atoms with van der Waals surface area (Å²) in [7, 11) is 0. The highest BCUT2D eigenvalue weighted by Crippen LogP contribution is 2.32. The van der Waals surface area contributed by atoms with Crippen LogP contribution in [-0.2, 0) is 25.7 Å². The van der Waals surface area contributed by atoms with Crippen molar-refractivity contribution in [2.75, 3.05) is 26.2 Å². The number of amides is 2. The minimum Gasteiger partial charge on any atom is -0.481 e. The summed E-state index contributed by atoms with van der Waals surface area (Å²) in [5.41, 5.74) is 2.83. The Labute approximate surface area is 256 Å². The first-order chi connectivity index (χ1) is 21.4. The highest BCUT2D eigenvalue weighted by Gasteiger charge is 2.51. The largest absolute Gasteiger partial charge is 0.481 e. The lowest BCUT2D eigenvalue weighted by Crippen LogP contribution is -2.76. The molecule has 2 fully saturated rings. The van der Waals surface area contributed by atoms with E-state index in [-0.39, 0.29) is 44.5 Å². The SMILES string of the molecule is C#CCN1CC(=O)N2[C@@H](CC(=O)O)C(=O)N(CC(c3ccccc3)c3ccccc3)C[C@@H]2N1C(C=O)=NCc1ccccc1. The number of amidine groups is 1. The molecule has 3 aromatic carbocycles. The van der Waals surface area contributed by atoms with E-state index in [9.17, 15) is 24.3 Å². The lowest BCUT2D eigenvalue weighted by atomic mass is 9.90. The molecule has 0 saturated carbocycles. The van der Waals surface area contributed by atoms with Gasteiger partial charge in [-0.1, -0.05) is 96.9 Å². The van der Waals surface area contributed by atoms with Crippen molar-refractivity contribution in [1.29, 1.82) is 0 Å². The zero-order valence-electron chi connectivity index (χ0n) is 24.1. The summed E-state index contributed by atoms with van der Waals surface area (Å²) in [4.78, 5) is 59.6. The van der Waals surface area contributed by atoms with Crippen LogP contribution in [-0.4, -0.2) is 93.2 Å². The molecule has 2 saturated heterocycles. The van der Waals surface area contributed by atoms with Crippen LogP contribution in [0, 0.1) is 12.3 Å². The maximum absolute atomic E-state index is 14.0. The highest BCUT2D eigenvalue weighted by atomic mass is 16.4. The number of benzene rings is 3. The Morgan fingerprint density at radius 3 is 2.11 bits per heavy atom.